The first-order valence-electron chi connectivity index (χ1n) is 4.02. The van der Waals surface area contributed by atoms with Crippen LogP contribution in [-0.4, -0.2) is 33.6 Å². The van der Waals surface area contributed by atoms with Gasteiger partial charge in [-0.05, 0) is 13.0 Å². The number of carbonyl (C=O) groups is 1. The number of ether oxygens (including phenoxy) is 1. The van der Waals surface area contributed by atoms with Crippen LogP contribution in [0.1, 0.15) is 6.92 Å². The van der Waals surface area contributed by atoms with E-state index in [1.165, 1.54) is 6.92 Å². The van der Waals surface area contributed by atoms with E-state index in [2.05, 4.69) is 5.10 Å². The largest absolute Gasteiger partial charge is 0.479 e. The lowest BCUT2D eigenvalue weighted by Gasteiger charge is -2.07. The third-order valence-corrected chi connectivity index (χ3v) is 1.60. The van der Waals surface area contributed by atoms with Crippen LogP contribution >= 0.6 is 0 Å². The van der Waals surface area contributed by atoms with E-state index in [1.807, 2.05) is 0 Å². The predicted molar refractivity (Wildman–Crippen MR) is 45.3 cm³/mol. The molecule has 1 atom stereocenters. The van der Waals surface area contributed by atoms with Gasteiger partial charge in [-0.2, -0.15) is 5.10 Å². The lowest BCUT2D eigenvalue weighted by Crippen LogP contribution is -2.22. The number of hydrogen-bond acceptors (Lipinski definition) is 3. The van der Waals surface area contributed by atoms with Gasteiger partial charge >= 0.3 is 5.97 Å². The van der Waals surface area contributed by atoms with Crippen molar-refractivity contribution < 1.29 is 14.6 Å². The van der Waals surface area contributed by atoms with Crippen LogP contribution < -0.4 is 0 Å². The summed E-state index contributed by atoms with van der Waals surface area (Å²) < 4.78 is 6.71. The number of aromatic nitrogens is 2. The maximum absolute atomic E-state index is 10.3. The topological polar surface area (TPSA) is 64.4 Å². The first kappa shape index (κ1) is 9.73. The van der Waals surface area contributed by atoms with E-state index in [9.17, 15) is 4.79 Å². The summed E-state index contributed by atoms with van der Waals surface area (Å²) in [6.07, 6.45) is 2.71. The highest BCUT2D eigenvalue weighted by atomic mass is 16.5. The Hall–Kier alpha value is -1.36. The molecule has 72 valence electrons. The van der Waals surface area contributed by atoms with Crippen molar-refractivity contribution >= 4 is 5.97 Å². The van der Waals surface area contributed by atoms with Crippen molar-refractivity contribution in [3.8, 4) is 0 Å². The summed E-state index contributed by atoms with van der Waals surface area (Å²) in [6, 6.07) is 1.81. The van der Waals surface area contributed by atoms with Gasteiger partial charge in [0.05, 0.1) is 13.2 Å². The number of carboxylic acid groups (broad SMARTS) is 1. The Bertz CT molecular complexity index is 258. The number of aliphatic carboxylic acids is 1. The molecule has 0 aromatic carbocycles. The monoisotopic (exact) mass is 184 g/mol. The van der Waals surface area contributed by atoms with Crippen LogP contribution in [0.3, 0.4) is 0 Å². The summed E-state index contributed by atoms with van der Waals surface area (Å²) >= 11 is 0. The van der Waals surface area contributed by atoms with E-state index in [0.29, 0.717) is 13.2 Å². The lowest BCUT2D eigenvalue weighted by molar-refractivity contribution is -0.149. The summed E-state index contributed by atoms with van der Waals surface area (Å²) in [7, 11) is 0. The fourth-order valence-corrected chi connectivity index (χ4v) is 0.827. The average molecular weight is 184 g/mol. The van der Waals surface area contributed by atoms with Gasteiger partial charge in [-0.3, -0.25) is 4.68 Å². The summed E-state index contributed by atoms with van der Waals surface area (Å²) in [5.41, 5.74) is 0. The Balaban J connectivity index is 2.18. The van der Waals surface area contributed by atoms with Gasteiger partial charge < -0.3 is 9.84 Å². The molecule has 0 bridgehead atoms. The summed E-state index contributed by atoms with van der Waals surface area (Å²) in [5.74, 6) is -0.944. The van der Waals surface area contributed by atoms with E-state index < -0.39 is 12.1 Å². The van der Waals surface area contributed by atoms with Gasteiger partial charge in [0.25, 0.3) is 0 Å². The second-order valence-electron chi connectivity index (χ2n) is 2.62. The molecule has 1 rings (SSSR count). The fourth-order valence-electron chi connectivity index (χ4n) is 0.827. The number of hydrogen-bond donors (Lipinski definition) is 1. The Kier molecular flexibility index (Phi) is 3.45. The van der Waals surface area contributed by atoms with Gasteiger partial charge in [0.15, 0.2) is 6.10 Å². The smallest absolute Gasteiger partial charge is 0.332 e. The van der Waals surface area contributed by atoms with Gasteiger partial charge in [-0.25, -0.2) is 4.79 Å². The minimum Gasteiger partial charge on any atom is -0.479 e. The van der Waals surface area contributed by atoms with Gasteiger partial charge in [0, 0.05) is 12.4 Å². The van der Waals surface area contributed by atoms with Crippen molar-refractivity contribution in [2.75, 3.05) is 6.61 Å². The van der Waals surface area contributed by atoms with Crippen LogP contribution in [0.5, 0.6) is 0 Å². The molecule has 1 heterocycles. The highest BCUT2D eigenvalue weighted by Crippen LogP contribution is 1.92. The van der Waals surface area contributed by atoms with Crippen LogP contribution in [0.15, 0.2) is 18.5 Å². The number of nitrogens with zero attached hydrogens (tertiary/aromatic N) is 2. The molecule has 0 aliphatic rings. The average Bonchev–Trinajstić information content (AvgIpc) is 2.56. The first-order valence-corrected chi connectivity index (χ1v) is 4.02. The van der Waals surface area contributed by atoms with Crippen LogP contribution in [0.2, 0.25) is 0 Å². The zero-order valence-corrected chi connectivity index (χ0v) is 7.38. The predicted octanol–water partition coefficient (Wildman–Crippen LogP) is 0.373. The number of carboxylic acids is 1. The molecule has 0 radical (unpaired) electrons. The molecule has 5 heteroatoms. The van der Waals surface area contributed by atoms with Crippen molar-refractivity contribution in [2.45, 2.75) is 19.6 Å². The van der Waals surface area contributed by atoms with Crippen LogP contribution in [0.25, 0.3) is 0 Å². The van der Waals surface area contributed by atoms with Crippen LogP contribution in [0.4, 0.5) is 0 Å². The van der Waals surface area contributed by atoms with Gasteiger partial charge in [-0.1, -0.05) is 0 Å². The molecule has 0 unspecified atom stereocenters. The highest BCUT2D eigenvalue weighted by Gasteiger charge is 2.09. The van der Waals surface area contributed by atoms with E-state index in [4.69, 9.17) is 9.84 Å². The van der Waals surface area contributed by atoms with Gasteiger partial charge in [-0.15, -0.1) is 0 Å². The first-order chi connectivity index (χ1) is 6.20. The Morgan fingerprint density at radius 3 is 3.08 bits per heavy atom. The van der Waals surface area contributed by atoms with Crippen molar-refractivity contribution in [3.05, 3.63) is 18.5 Å². The summed E-state index contributed by atoms with van der Waals surface area (Å²) in [5, 5.41) is 12.4. The molecule has 13 heavy (non-hydrogen) atoms. The third kappa shape index (κ3) is 3.25. The lowest BCUT2D eigenvalue weighted by atomic mass is 10.4. The maximum Gasteiger partial charge on any atom is 0.332 e. The Morgan fingerprint density at radius 2 is 2.54 bits per heavy atom. The molecule has 0 aliphatic heterocycles. The molecule has 0 spiro atoms. The Morgan fingerprint density at radius 1 is 1.77 bits per heavy atom. The van der Waals surface area contributed by atoms with Crippen molar-refractivity contribution in [1.82, 2.24) is 9.78 Å². The molecule has 1 aromatic heterocycles. The minimum absolute atomic E-state index is 0.356. The normalized spacial score (nSPS) is 12.7. The van der Waals surface area contributed by atoms with Gasteiger partial charge in [0.1, 0.15) is 0 Å². The van der Waals surface area contributed by atoms with E-state index in [-0.39, 0.29) is 0 Å². The van der Waals surface area contributed by atoms with Crippen molar-refractivity contribution in [2.24, 2.45) is 0 Å². The van der Waals surface area contributed by atoms with Crippen molar-refractivity contribution in [3.63, 3.8) is 0 Å². The molecule has 5 nitrogen and oxygen atoms in total. The zero-order chi connectivity index (χ0) is 9.68. The summed E-state index contributed by atoms with van der Waals surface area (Å²) in [4.78, 5) is 10.3. The molecule has 0 saturated heterocycles. The zero-order valence-electron chi connectivity index (χ0n) is 7.38. The maximum atomic E-state index is 10.3. The molecule has 0 amide bonds. The van der Waals surface area contributed by atoms with E-state index in [0.717, 1.165) is 0 Å². The second kappa shape index (κ2) is 4.61. The molecular weight excluding hydrogens is 172 g/mol. The highest BCUT2D eigenvalue weighted by molar-refractivity contribution is 5.71. The van der Waals surface area contributed by atoms with Gasteiger partial charge in [0.2, 0.25) is 0 Å². The van der Waals surface area contributed by atoms with Crippen LogP contribution in [0, 0.1) is 0 Å². The van der Waals surface area contributed by atoms with E-state index >= 15 is 0 Å². The molecule has 0 aliphatic carbocycles. The summed E-state index contributed by atoms with van der Waals surface area (Å²) in [6.45, 7) is 2.44. The number of rotatable bonds is 5. The molecular formula is C8H12N2O3. The SMILES string of the molecule is C[C@H](OCCn1cccn1)C(=O)O. The molecule has 1 N–H and O–H groups in total. The quantitative estimate of drug-likeness (QED) is 0.718. The molecule has 1 aromatic rings. The fraction of sp³-hybridized carbons (Fsp3) is 0.500. The van der Waals surface area contributed by atoms with Crippen molar-refractivity contribution in [1.29, 1.82) is 0 Å². The van der Waals surface area contributed by atoms with E-state index in [1.54, 1.807) is 23.1 Å². The second-order valence-corrected chi connectivity index (χ2v) is 2.62. The Labute approximate surface area is 75.9 Å². The molecule has 0 fully saturated rings. The van der Waals surface area contributed by atoms with Crippen LogP contribution in [-0.2, 0) is 16.1 Å². The molecule has 0 saturated carbocycles. The third-order valence-electron chi connectivity index (χ3n) is 1.60. The minimum atomic E-state index is -0.944. The standard InChI is InChI=1S/C8H12N2O3/c1-7(8(11)12)13-6-5-10-4-2-3-9-10/h2-4,7H,5-6H2,1H3,(H,11,12)/t7-/m0/s1.